The molecule has 10 heteroatoms. The zero-order valence-electron chi connectivity index (χ0n) is 16.9. The minimum absolute atomic E-state index is 0.0614. The van der Waals surface area contributed by atoms with E-state index in [0.29, 0.717) is 11.1 Å². The average Bonchev–Trinajstić information content (AvgIpc) is 3.05. The lowest BCUT2D eigenvalue weighted by atomic mass is 9.77. The van der Waals surface area contributed by atoms with E-state index in [1.165, 1.54) is 44.6 Å². The molecule has 0 bridgehead atoms. The first kappa shape index (κ1) is 22.0. The predicted octanol–water partition coefficient (Wildman–Crippen LogP) is 4.80. The molecule has 0 aliphatic heterocycles. The number of hydrogen-bond donors (Lipinski definition) is 1. The third kappa shape index (κ3) is 3.47. The quantitative estimate of drug-likeness (QED) is 0.470. The summed E-state index contributed by atoms with van der Waals surface area (Å²) in [4.78, 5) is 11.7. The molecule has 2 aromatic carbocycles. The highest BCUT2D eigenvalue weighted by Crippen LogP contribution is 2.50. The molecular weight excluding hydrogens is 447 g/mol. The zero-order chi connectivity index (χ0) is 23.3. The summed E-state index contributed by atoms with van der Waals surface area (Å²) in [5.41, 5.74) is -2.01. The molecule has 1 N–H and O–H groups in total. The van der Waals surface area contributed by atoms with Gasteiger partial charge in [0.25, 0.3) is 0 Å². The third-order valence-electron chi connectivity index (χ3n) is 5.67. The van der Waals surface area contributed by atoms with Crippen molar-refractivity contribution >= 4 is 22.7 Å². The topological polar surface area (TPSA) is 81.2 Å². The largest absolute Gasteiger partial charge is 0.422 e. The van der Waals surface area contributed by atoms with Gasteiger partial charge in [-0.3, -0.25) is 4.57 Å². The van der Waals surface area contributed by atoms with Gasteiger partial charge in [-0.25, -0.2) is 4.79 Å². The SMILES string of the molecule is CC(c1ccc(-c2ccnnc2)cc1Cl)C(O)(c1ccc2oc(=O)n(C)c2c1)C(F)(F)F. The van der Waals surface area contributed by atoms with Crippen LogP contribution in [0.2, 0.25) is 5.02 Å². The van der Waals surface area contributed by atoms with Gasteiger partial charge < -0.3 is 9.52 Å². The van der Waals surface area contributed by atoms with E-state index in [9.17, 15) is 23.1 Å². The van der Waals surface area contributed by atoms with Crippen molar-refractivity contribution < 1.29 is 22.7 Å². The minimum atomic E-state index is -5.04. The molecule has 0 spiro atoms. The van der Waals surface area contributed by atoms with Crippen LogP contribution in [0.15, 0.2) is 64.1 Å². The number of hydrogen-bond acceptors (Lipinski definition) is 5. The van der Waals surface area contributed by atoms with Gasteiger partial charge in [-0.05, 0) is 41.0 Å². The first-order chi connectivity index (χ1) is 15.0. The fraction of sp³-hybridized carbons (Fsp3) is 0.227. The zero-order valence-corrected chi connectivity index (χ0v) is 17.6. The van der Waals surface area contributed by atoms with Crippen LogP contribution >= 0.6 is 11.6 Å². The number of alkyl halides is 3. The van der Waals surface area contributed by atoms with Gasteiger partial charge in [-0.1, -0.05) is 36.7 Å². The van der Waals surface area contributed by atoms with Crippen LogP contribution in [0, 0.1) is 0 Å². The Kier molecular flexibility index (Phi) is 5.34. The Bertz CT molecular complexity index is 1350. The number of aliphatic hydroxyl groups is 1. The lowest BCUT2D eigenvalue weighted by molar-refractivity contribution is -0.274. The maximum atomic E-state index is 14.3. The van der Waals surface area contributed by atoms with Gasteiger partial charge in [-0.15, -0.1) is 0 Å². The van der Waals surface area contributed by atoms with Gasteiger partial charge in [0.05, 0.1) is 17.9 Å². The Labute approximate surface area is 184 Å². The smallest absolute Gasteiger partial charge is 0.408 e. The Hall–Kier alpha value is -3.17. The van der Waals surface area contributed by atoms with E-state index in [0.717, 1.165) is 16.7 Å². The molecule has 0 radical (unpaired) electrons. The molecule has 2 heterocycles. The normalized spacial score (nSPS) is 15.0. The van der Waals surface area contributed by atoms with E-state index in [1.54, 1.807) is 12.1 Å². The third-order valence-corrected chi connectivity index (χ3v) is 6.00. The van der Waals surface area contributed by atoms with Crippen molar-refractivity contribution in [1.29, 1.82) is 0 Å². The molecule has 0 fully saturated rings. The molecule has 166 valence electrons. The van der Waals surface area contributed by atoms with Gasteiger partial charge in [-0.2, -0.15) is 23.4 Å². The molecule has 2 aromatic heterocycles. The Balaban J connectivity index is 1.83. The Morgan fingerprint density at radius 1 is 1.09 bits per heavy atom. The first-order valence-corrected chi connectivity index (χ1v) is 9.87. The number of fused-ring (bicyclic) bond motifs is 1. The molecule has 4 rings (SSSR count). The molecule has 0 aliphatic carbocycles. The molecule has 2 atom stereocenters. The summed E-state index contributed by atoms with van der Waals surface area (Å²) in [6.07, 6.45) is -2.05. The van der Waals surface area contributed by atoms with Crippen LogP contribution in [-0.2, 0) is 12.6 Å². The van der Waals surface area contributed by atoms with Crippen molar-refractivity contribution in [2.75, 3.05) is 0 Å². The van der Waals surface area contributed by atoms with Gasteiger partial charge in [0.2, 0.25) is 0 Å². The first-order valence-electron chi connectivity index (χ1n) is 9.49. The van der Waals surface area contributed by atoms with Gasteiger partial charge in [0.1, 0.15) is 0 Å². The van der Waals surface area contributed by atoms with Gasteiger partial charge in [0.15, 0.2) is 11.2 Å². The van der Waals surface area contributed by atoms with Crippen molar-refractivity contribution in [2.24, 2.45) is 7.05 Å². The molecule has 4 aromatic rings. The van der Waals surface area contributed by atoms with Crippen LogP contribution in [0.4, 0.5) is 13.2 Å². The second-order valence-electron chi connectivity index (χ2n) is 7.46. The summed E-state index contributed by atoms with van der Waals surface area (Å²) >= 11 is 6.37. The van der Waals surface area contributed by atoms with E-state index >= 15 is 0 Å². The van der Waals surface area contributed by atoms with Crippen molar-refractivity contribution in [3.8, 4) is 11.1 Å². The standard InChI is InChI=1S/C22H17ClF3N3O3/c1-12(16-5-3-13(9-17(16)23)14-7-8-27-28-11-14)21(31,22(24,25)26)15-4-6-19-18(10-15)29(2)20(30)32-19/h3-12,31H,1-2H3. The average molecular weight is 464 g/mol. The van der Waals surface area contributed by atoms with Crippen molar-refractivity contribution in [1.82, 2.24) is 14.8 Å². The maximum Gasteiger partial charge on any atom is 0.422 e. The van der Waals surface area contributed by atoms with Gasteiger partial charge in [0, 0.05) is 23.6 Å². The number of halogens is 4. The highest BCUT2D eigenvalue weighted by atomic mass is 35.5. The van der Waals surface area contributed by atoms with Crippen LogP contribution in [0.5, 0.6) is 0 Å². The van der Waals surface area contributed by atoms with Gasteiger partial charge >= 0.3 is 11.9 Å². The van der Waals surface area contributed by atoms with E-state index in [4.69, 9.17) is 16.0 Å². The molecule has 6 nitrogen and oxygen atoms in total. The molecule has 0 saturated carbocycles. The Morgan fingerprint density at radius 2 is 1.84 bits per heavy atom. The summed E-state index contributed by atoms with van der Waals surface area (Å²) in [5.74, 6) is -2.19. The lowest BCUT2D eigenvalue weighted by Gasteiger charge is -2.37. The number of rotatable bonds is 4. The summed E-state index contributed by atoms with van der Waals surface area (Å²) in [5, 5.41) is 18.6. The molecule has 32 heavy (non-hydrogen) atoms. The van der Waals surface area contributed by atoms with Crippen LogP contribution in [0.25, 0.3) is 22.2 Å². The number of benzene rings is 2. The van der Waals surface area contributed by atoms with Crippen molar-refractivity contribution in [3.63, 3.8) is 0 Å². The highest BCUT2D eigenvalue weighted by molar-refractivity contribution is 6.31. The number of aromatic nitrogens is 3. The molecule has 0 amide bonds. The van der Waals surface area contributed by atoms with Crippen molar-refractivity contribution in [3.05, 3.63) is 81.6 Å². The van der Waals surface area contributed by atoms with Crippen LogP contribution in [0.3, 0.4) is 0 Å². The number of aryl methyl sites for hydroxylation is 1. The van der Waals surface area contributed by atoms with E-state index in [1.807, 2.05) is 0 Å². The molecular formula is C22H17ClF3N3O3. The summed E-state index contributed by atoms with van der Waals surface area (Å²) in [6, 6.07) is 9.70. The highest BCUT2D eigenvalue weighted by Gasteiger charge is 2.59. The van der Waals surface area contributed by atoms with Crippen LogP contribution in [0.1, 0.15) is 24.0 Å². The van der Waals surface area contributed by atoms with Crippen LogP contribution in [-0.4, -0.2) is 26.0 Å². The second kappa shape index (κ2) is 7.75. The number of oxazole rings is 1. The fourth-order valence-corrected chi connectivity index (χ4v) is 4.11. The van der Waals surface area contributed by atoms with Crippen LogP contribution < -0.4 is 5.76 Å². The van der Waals surface area contributed by atoms with Crippen molar-refractivity contribution in [2.45, 2.75) is 24.6 Å². The summed E-state index contributed by atoms with van der Waals surface area (Å²) in [7, 11) is 1.37. The maximum absolute atomic E-state index is 14.3. The number of nitrogens with zero attached hydrogens (tertiary/aromatic N) is 3. The predicted molar refractivity (Wildman–Crippen MR) is 112 cm³/mol. The Morgan fingerprint density at radius 3 is 2.47 bits per heavy atom. The fourth-order valence-electron chi connectivity index (χ4n) is 3.77. The molecule has 0 saturated heterocycles. The lowest BCUT2D eigenvalue weighted by Crippen LogP contribution is -2.46. The van der Waals surface area contributed by atoms with E-state index in [-0.39, 0.29) is 21.7 Å². The summed E-state index contributed by atoms with van der Waals surface area (Å²) < 4.78 is 49.0. The summed E-state index contributed by atoms with van der Waals surface area (Å²) in [6.45, 7) is 1.25. The van der Waals surface area contributed by atoms with E-state index < -0.39 is 29.0 Å². The second-order valence-corrected chi connectivity index (χ2v) is 7.87. The molecule has 0 aliphatic rings. The minimum Gasteiger partial charge on any atom is -0.408 e. The van der Waals surface area contributed by atoms with E-state index in [2.05, 4.69) is 10.2 Å². The monoisotopic (exact) mass is 463 g/mol. The molecule has 2 unspecified atom stereocenters.